The number of hydrogen-bond acceptors (Lipinski definition) is 4. The number of pyridine rings is 2. The van der Waals surface area contributed by atoms with E-state index in [1.54, 1.807) is 52.7 Å². The molecule has 1 aromatic carbocycles. The molecule has 0 atom stereocenters. The Morgan fingerprint density at radius 1 is 1.07 bits per heavy atom. The quantitative estimate of drug-likeness (QED) is 0.537. The van der Waals surface area contributed by atoms with Crippen LogP contribution in [0.4, 0.5) is 10.2 Å². The Hall–Kier alpha value is -3.48. The maximum Gasteiger partial charge on any atom is 0.220 e. The van der Waals surface area contributed by atoms with E-state index in [2.05, 4.69) is 20.3 Å². The van der Waals surface area contributed by atoms with Crippen LogP contribution >= 0.6 is 0 Å². The third-order valence-corrected chi connectivity index (χ3v) is 5.06. The van der Waals surface area contributed by atoms with E-state index in [1.165, 1.54) is 12.1 Å². The third kappa shape index (κ3) is 3.63. The molecule has 0 bridgehead atoms. The third-order valence-electron chi connectivity index (χ3n) is 5.06. The average Bonchev–Trinajstić information content (AvgIpc) is 3.13. The monoisotopic (exact) mass is 385 g/mol. The normalized spacial score (nSPS) is 11.5. The molecule has 0 spiro atoms. The number of nitrogens with zero attached hydrogens (tertiary/aromatic N) is 4. The second-order valence-corrected chi connectivity index (χ2v) is 7.46. The van der Waals surface area contributed by atoms with Gasteiger partial charge in [-0.25, -0.2) is 14.4 Å². The van der Waals surface area contributed by atoms with Crippen LogP contribution in [0.15, 0.2) is 61.3 Å². The summed E-state index contributed by atoms with van der Waals surface area (Å²) in [7, 11) is 5.49. The minimum atomic E-state index is -0.845. The highest BCUT2D eigenvalue weighted by molar-refractivity contribution is 6.52. The van der Waals surface area contributed by atoms with Gasteiger partial charge >= 0.3 is 0 Å². The maximum atomic E-state index is 13.2. The number of halogens is 1. The van der Waals surface area contributed by atoms with E-state index in [9.17, 15) is 9.18 Å². The van der Waals surface area contributed by atoms with Gasteiger partial charge in [0.25, 0.3) is 0 Å². The molecular formula is C20H18B2FN5O. The predicted molar refractivity (Wildman–Crippen MR) is 116 cm³/mol. The van der Waals surface area contributed by atoms with Crippen molar-refractivity contribution in [3.8, 4) is 11.4 Å². The first-order valence-electron chi connectivity index (χ1n) is 9.14. The van der Waals surface area contributed by atoms with Crippen molar-refractivity contribution in [2.45, 2.75) is 5.21 Å². The first-order chi connectivity index (χ1) is 13.8. The average molecular weight is 385 g/mol. The zero-order valence-electron chi connectivity index (χ0n) is 16.3. The number of imidazole rings is 1. The number of amides is 1. The summed E-state index contributed by atoms with van der Waals surface area (Å²) in [6.07, 6.45) is 6.90. The summed E-state index contributed by atoms with van der Waals surface area (Å²) in [6.45, 7) is 0. The molecule has 0 aliphatic carbocycles. The second-order valence-electron chi connectivity index (χ2n) is 7.46. The summed E-state index contributed by atoms with van der Waals surface area (Å²) < 4.78 is 15.1. The predicted octanol–water partition coefficient (Wildman–Crippen LogP) is 1.23. The molecular weight excluding hydrogens is 367 g/mol. The van der Waals surface area contributed by atoms with E-state index < -0.39 is 5.21 Å². The number of carbonyl (C=O) groups is 1. The Kier molecular flexibility index (Phi) is 4.66. The molecule has 3 heterocycles. The van der Waals surface area contributed by atoms with Crippen molar-refractivity contribution < 1.29 is 9.18 Å². The summed E-state index contributed by atoms with van der Waals surface area (Å²) in [5.41, 5.74) is 2.40. The first-order valence-corrected chi connectivity index (χ1v) is 9.14. The number of carbonyl (C=O) groups excluding carboxylic acids is 1. The van der Waals surface area contributed by atoms with Crippen LogP contribution in [0.25, 0.3) is 22.2 Å². The van der Waals surface area contributed by atoms with Gasteiger partial charge in [-0.1, -0.05) is 12.1 Å². The van der Waals surface area contributed by atoms with Crippen molar-refractivity contribution in [3.63, 3.8) is 0 Å². The second kappa shape index (κ2) is 7.16. The number of benzene rings is 1. The molecule has 4 aromatic rings. The molecule has 1 amide bonds. The van der Waals surface area contributed by atoms with Crippen LogP contribution in [0.5, 0.6) is 0 Å². The van der Waals surface area contributed by atoms with E-state index in [-0.39, 0.29) is 11.7 Å². The largest absolute Gasteiger partial charge is 0.332 e. The molecule has 0 aliphatic heterocycles. The van der Waals surface area contributed by atoms with Crippen molar-refractivity contribution in [1.29, 1.82) is 0 Å². The minimum Gasteiger partial charge on any atom is -0.332 e. The lowest BCUT2D eigenvalue weighted by Gasteiger charge is -2.24. The lowest BCUT2D eigenvalue weighted by molar-refractivity contribution is -0.117. The van der Waals surface area contributed by atoms with Gasteiger partial charge < -0.3 is 9.88 Å². The van der Waals surface area contributed by atoms with E-state index in [4.69, 9.17) is 0 Å². The van der Waals surface area contributed by atoms with Gasteiger partial charge in [-0.15, -0.1) is 0 Å². The van der Waals surface area contributed by atoms with Gasteiger partial charge in [0.2, 0.25) is 5.91 Å². The van der Waals surface area contributed by atoms with Crippen molar-refractivity contribution in [2.75, 3.05) is 5.32 Å². The molecule has 0 unspecified atom stereocenters. The number of hydrogen-bond donors (Lipinski definition) is 1. The fourth-order valence-corrected chi connectivity index (χ4v) is 3.12. The van der Waals surface area contributed by atoms with Crippen LogP contribution < -0.4 is 5.32 Å². The highest BCUT2D eigenvalue weighted by Crippen LogP contribution is 2.24. The molecule has 4 rings (SSSR count). The Morgan fingerprint density at radius 2 is 1.79 bits per heavy atom. The molecule has 9 heteroatoms. The van der Waals surface area contributed by atoms with Crippen LogP contribution in [0.3, 0.4) is 0 Å². The van der Waals surface area contributed by atoms with Crippen molar-refractivity contribution >= 4 is 38.2 Å². The van der Waals surface area contributed by atoms with Crippen molar-refractivity contribution in [1.82, 2.24) is 19.5 Å². The van der Waals surface area contributed by atoms with Gasteiger partial charge in [0.15, 0.2) is 0 Å². The van der Waals surface area contributed by atoms with E-state index in [0.717, 1.165) is 27.7 Å². The number of nitrogens with one attached hydrogen (secondary N) is 1. The van der Waals surface area contributed by atoms with Gasteiger partial charge in [-0.05, 0) is 35.2 Å². The highest BCUT2D eigenvalue weighted by atomic mass is 19.1. The number of aryl methyl sites for hydroxylation is 1. The molecule has 0 fully saturated rings. The number of fused-ring (bicyclic) bond motifs is 1. The number of aromatic nitrogens is 4. The minimum absolute atomic E-state index is 0.225. The fourth-order valence-electron chi connectivity index (χ4n) is 3.12. The summed E-state index contributed by atoms with van der Waals surface area (Å²) in [5, 5.41) is 3.80. The standard InChI is InChI=1S/C20H18B2FN5O/c1-28-11-24-10-17(28)16-6-12-7-18(26-9-13(12)8-25-16)27-19(29)20(21,22)14-2-4-15(23)5-3-14/h2-11H,21-22H2,1H3,(H,26,27,29). The fraction of sp³-hybridized carbons (Fsp3) is 0.100. The van der Waals surface area contributed by atoms with Crippen LogP contribution in [-0.2, 0) is 17.1 Å². The lowest BCUT2D eigenvalue weighted by atomic mass is 9.50. The Balaban J connectivity index is 1.63. The van der Waals surface area contributed by atoms with Gasteiger partial charge in [0.05, 0.1) is 23.9 Å². The topological polar surface area (TPSA) is 72.7 Å². The van der Waals surface area contributed by atoms with Gasteiger partial charge in [-0.3, -0.25) is 9.78 Å². The Morgan fingerprint density at radius 3 is 2.48 bits per heavy atom. The molecule has 6 nitrogen and oxygen atoms in total. The lowest BCUT2D eigenvalue weighted by Crippen LogP contribution is -2.41. The van der Waals surface area contributed by atoms with Crippen LogP contribution in [0.2, 0.25) is 0 Å². The maximum absolute atomic E-state index is 13.2. The van der Waals surface area contributed by atoms with Crippen LogP contribution in [-0.4, -0.2) is 41.1 Å². The molecule has 142 valence electrons. The zero-order chi connectivity index (χ0) is 20.6. The highest BCUT2D eigenvalue weighted by Gasteiger charge is 2.30. The molecule has 29 heavy (non-hydrogen) atoms. The Labute approximate surface area is 169 Å². The smallest absolute Gasteiger partial charge is 0.220 e. The summed E-state index contributed by atoms with van der Waals surface area (Å²) >= 11 is 0. The summed E-state index contributed by atoms with van der Waals surface area (Å²) in [6, 6.07) is 9.70. The Bertz CT molecular complexity index is 1210. The van der Waals surface area contributed by atoms with Crippen LogP contribution in [0, 0.1) is 5.82 Å². The summed E-state index contributed by atoms with van der Waals surface area (Å²) in [4.78, 5) is 25.8. The number of anilines is 1. The van der Waals surface area contributed by atoms with Gasteiger partial charge in [0.1, 0.15) is 27.3 Å². The van der Waals surface area contributed by atoms with E-state index in [1.807, 2.05) is 23.7 Å². The van der Waals surface area contributed by atoms with Gasteiger partial charge in [0, 0.05) is 30.0 Å². The van der Waals surface area contributed by atoms with E-state index in [0.29, 0.717) is 5.82 Å². The molecule has 0 saturated carbocycles. The van der Waals surface area contributed by atoms with E-state index >= 15 is 0 Å². The summed E-state index contributed by atoms with van der Waals surface area (Å²) in [5.74, 6) is -0.115. The molecule has 0 radical (unpaired) electrons. The van der Waals surface area contributed by atoms with Gasteiger partial charge in [-0.2, -0.15) is 0 Å². The van der Waals surface area contributed by atoms with Crippen LogP contribution in [0.1, 0.15) is 5.56 Å². The molecule has 0 saturated heterocycles. The van der Waals surface area contributed by atoms with Crippen molar-refractivity contribution in [2.24, 2.45) is 7.05 Å². The number of rotatable bonds is 4. The molecule has 1 N–H and O–H groups in total. The first kappa shape index (κ1) is 18.9. The zero-order valence-corrected chi connectivity index (χ0v) is 16.3. The van der Waals surface area contributed by atoms with Crippen molar-refractivity contribution in [3.05, 3.63) is 72.7 Å². The molecule has 3 aromatic heterocycles. The molecule has 0 aliphatic rings. The SMILES string of the molecule is BC(B)(C(=O)Nc1cc2cc(-c3cncn3C)ncc2cn1)c1ccc(F)cc1.